The molecule has 0 bridgehead atoms. The Bertz CT molecular complexity index is 532. The Morgan fingerprint density at radius 3 is 2.00 bits per heavy atom. The first-order chi connectivity index (χ1) is 9.37. The van der Waals surface area contributed by atoms with E-state index in [0.29, 0.717) is 11.3 Å². The van der Waals surface area contributed by atoms with Gasteiger partial charge in [-0.25, -0.2) is 8.42 Å². The van der Waals surface area contributed by atoms with Gasteiger partial charge in [-0.2, -0.15) is 0 Å². The highest BCUT2D eigenvalue weighted by molar-refractivity contribution is 7.92. The molecule has 1 N–H and O–H groups in total. The fourth-order valence-corrected chi connectivity index (χ4v) is 2.50. The third kappa shape index (κ3) is 5.21. The zero-order chi connectivity index (χ0) is 15.2. The van der Waals surface area contributed by atoms with Gasteiger partial charge in [-0.05, 0) is 37.1 Å². The fraction of sp³-hybridized carbons (Fsp3) is 0.500. The van der Waals surface area contributed by atoms with E-state index >= 15 is 0 Å². The Labute approximate surface area is 121 Å². The van der Waals surface area contributed by atoms with Crippen LogP contribution >= 0.6 is 0 Å². The van der Waals surface area contributed by atoms with Gasteiger partial charge in [-0.15, -0.1) is 0 Å². The van der Waals surface area contributed by atoms with E-state index < -0.39 is 10.0 Å². The normalized spacial score (nSPS) is 11.2. The molecule has 1 aromatic rings. The van der Waals surface area contributed by atoms with Gasteiger partial charge in [-0.1, -0.05) is 13.8 Å². The molecular formula is C14H22N2O3S. The van der Waals surface area contributed by atoms with Crippen molar-refractivity contribution in [3.8, 4) is 0 Å². The highest BCUT2D eigenvalue weighted by atomic mass is 32.2. The smallest absolute Gasteiger partial charge is 0.253 e. The summed E-state index contributed by atoms with van der Waals surface area (Å²) in [5, 5.41) is 0. The van der Waals surface area contributed by atoms with Crippen LogP contribution in [0.1, 0.15) is 37.0 Å². The summed E-state index contributed by atoms with van der Waals surface area (Å²) in [5.41, 5.74) is 1.03. The first-order valence-electron chi connectivity index (χ1n) is 6.74. The lowest BCUT2D eigenvalue weighted by molar-refractivity contribution is 0.0755. The minimum atomic E-state index is -3.29. The van der Waals surface area contributed by atoms with Gasteiger partial charge in [0.1, 0.15) is 0 Å². The van der Waals surface area contributed by atoms with E-state index in [1.165, 1.54) is 0 Å². The summed E-state index contributed by atoms with van der Waals surface area (Å²) < 4.78 is 24.6. The van der Waals surface area contributed by atoms with Gasteiger partial charge in [0, 0.05) is 24.3 Å². The van der Waals surface area contributed by atoms with Gasteiger partial charge >= 0.3 is 0 Å². The van der Waals surface area contributed by atoms with E-state index in [1.807, 2.05) is 18.7 Å². The number of carbonyl (C=O) groups is 1. The number of amides is 1. The van der Waals surface area contributed by atoms with Crippen LogP contribution in [0.25, 0.3) is 0 Å². The number of nitrogens with one attached hydrogen (secondary N) is 1. The maximum atomic E-state index is 12.3. The molecule has 0 heterocycles. The fourth-order valence-electron chi connectivity index (χ4n) is 1.93. The number of hydrogen-bond donors (Lipinski definition) is 1. The molecule has 0 aromatic heterocycles. The van der Waals surface area contributed by atoms with Gasteiger partial charge < -0.3 is 4.90 Å². The zero-order valence-electron chi connectivity index (χ0n) is 12.2. The van der Waals surface area contributed by atoms with E-state index in [0.717, 1.165) is 32.2 Å². The SMILES string of the molecule is CCCN(CCC)C(=O)c1ccc(NS(C)(=O)=O)cc1. The summed E-state index contributed by atoms with van der Waals surface area (Å²) in [7, 11) is -3.29. The van der Waals surface area contributed by atoms with Crippen molar-refractivity contribution in [3.63, 3.8) is 0 Å². The van der Waals surface area contributed by atoms with Crippen LogP contribution in [-0.2, 0) is 10.0 Å². The van der Waals surface area contributed by atoms with Crippen LogP contribution < -0.4 is 4.72 Å². The second kappa shape index (κ2) is 7.28. The third-order valence-corrected chi connectivity index (χ3v) is 3.32. The highest BCUT2D eigenvalue weighted by Crippen LogP contribution is 2.13. The lowest BCUT2D eigenvalue weighted by Gasteiger charge is -2.21. The maximum absolute atomic E-state index is 12.3. The molecule has 0 saturated carbocycles. The Hall–Kier alpha value is -1.56. The minimum Gasteiger partial charge on any atom is -0.339 e. The van der Waals surface area contributed by atoms with Gasteiger partial charge in [0.2, 0.25) is 10.0 Å². The molecule has 0 unspecified atom stereocenters. The predicted octanol–water partition coefficient (Wildman–Crippen LogP) is 2.32. The number of benzene rings is 1. The second-order valence-corrected chi connectivity index (χ2v) is 6.49. The lowest BCUT2D eigenvalue weighted by atomic mass is 10.1. The summed E-state index contributed by atoms with van der Waals surface area (Å²) in [5.74, 6) is -0.0143. The standard InChI is InChI=1S/C14H22N2O3S/c1-4-10-16(11-5-2)14(17)12-6-8-13(9-7-12)15-20(3,18)19/h6-9,15H,4-5,10-11H2,1-3H3. The molecular weight excluding hydrogens is 276 g/mol. The summed E-state index contributed by atoms with van der Waals surface area (Å²) in [6.45, 7) is 5.54. The molecule has 1 amide bonds. The van der Waals surface area contributed by atoms with Crippen molar-refractivity contribution in [1.29, 1.82) is 0 Å². The number of hydrogen-bond acceptors (Lipinski definition) is 3. The average Bonchev–Trinajstić information content (AvgIpc) is 2.37. The molecule has 0 spiro atoms. The van der Waals surface area contributed by atoms with Crippen LogP contribution in [0, 0.1) is 0 Å². The van der Waals surface area contributed by atoms with Gasteiger partial charge in [0.15, 0.2) is 0 Å². The molecule has 0 aliphatic rings. The van der Waals surface area contributed by atoms with Crippen molar-refractivity contribution >= 4 is 21.6 Å². The summed E-state index contributed by atoms with van der Waals surface area (Å²) in [6, 6.07) is 6.50. The van der Waals surface area contributed by atoms with Crippen LogP contribution in [0.3, 0.4) is 0 Å². The Kier molecular flexibility index (Phi) is 6.01. The number of anilines is 1. The van der Waals surface area contributed by atoms with Crippen molar-refractivity contribution in [2.24, 2.45) is 0 Å². The largest absolute Gasteiger partial charge is 0.339 e. The number of carbonyl (C=O) groups excluding carboxylic acids is 1. The maximum Gasteiger partial charge on any atom is 0.253 e. The lowest BCUT2D eigenvalue weighted by Crippen LogP contribution is -2.32. The molecule has 1 rings (SSSR count). The zero-order valence-corrected chi connectivity index (χ0v) is 13.0. The molecule has 0 aliphatic heterocycles. The third-order valence-electron chi connectivity index (χ3n) is 2.71. The van der Waals surface area contributed by atoms with Crippen LogP contribution in [0.5, 0.6) is 0 Å². The summed E-state index contributed by atoms with van der Waals surface area (Å²) in [4.78, 5) is 14.1. The second-order valence-electron chi connectivity index (χ2n) is 4.74. The summed E-state index contributed by atoms with van der Waals surface area (Å²) >= 11 is 0. The van der Waals surface area contributed by atoms with Crippen molar-refractivity contribution in [2.75, 3.05) is 24.1 Å². The van der Waals surface area contributed by atoms with Crippen molar-refractivity contribution in [2.45, 2.75) is 26.7 Å². The predicted molar refractivity (Wildman–Crippen MR) is 81.4 cm³/mol. The Morgan fingerprint density at radius 2 is 1.60 bits per heavy atom. The number of nitrogens with zero attached hydrogens (tertiary/aromatic N) is 1. The van der Waals surface area contributed by atoms with E-state index in [4.69, 9.17) is 0 Å². The molecule has 1 aromatic carbocycles. The van der Waals surface area contributed by atoms with Gasteiger partial charge in [-0.3, -0.25) is 9.52 Å². The Morgan fingerprint density at radius 1 is 1.10 bits per heavy atom. The monoisotopic (exact) mass is 298 g/mol. The number of rotatable bonds is 7. The molecule has 0 saturated heterocycles. The molecule has 5 nitrogen and oxygen atoms in total. The molecule has 0 atom stereocenters. The average molecular weight is 298 g/mol. The van der Waals surface area contributed by atoms with Crippen LogP contribution in [0.15, 0.2) is 24.3 Å². The van der Waals surface area contributed by atoms with Crippen molar-refractivity contribution in [3.05, 3.63) is 29.8 Å². The van der Waals surface area contributed by atoms with Crippen LogP contribution in [0.2, 0.25) is 0 Å². The first-order valence-corrected chi connectivity index (χ1v) is 8.63. The Balaban J connectivity index is 2.83. The molecule has 112 valence electrons. The van der Waals surface area contributed by atoms with E-state index in [9.17, 15) is 13.2 Å². The molecule has 20 heavy (non-hydrogen) atoms. The van der Waals surface area contributed by atoms with E-state index in [-0.39, 0.29) is 5.91 Å². The van der Waals surface area contributed by atoms with Gasteiger partial charge in [0.25, 0.3) is 5.91 Å². The van der Waals surface area contributed by atoms with Gasteiger partial charge in [0.05, 0.1) is 6.26 Å². The van der Waals surface area contributed by atoms with E-state index in [2.05, 4.69) is 4.72 Å². The summed E-state index contributed by atoms with van der Waals surface area (Å²) in [6.07, 6.45) is 2.93. The van der Waals surface area contributed by atoms with E-state index in [1.54, 1.807) is 24.3 Å². The molecule has 0 aliphatic carbocycles. The molecule has 0 radical (unpaired) electrons. The van der Waals surface area contributed by atoms with Crippen LogP contribution in [-0.4, -0.2) is 38.6 Å². The molecule has 0 fully saturated rings. The number of sulfonamides is 1. The molecule has 6 heteroatoms. The topological polar surface area (TPSA) is 66.5 Å². The minimum absolute atomic E-state index is 0.0143. The first kappa shape index (κ1) is 16.5. The highest BCUT2D eigenvalue weighted by Gasteiger charge is 2.14. The van der Waals surface area contributed by atoms with Crippen LogP contribution in [0.4, 0.5) is 5.69 Å². The van der Waals surface area contributed by atoms with Crippen molar-refractivity contribution < 1.29 is 13.2 Å². The van der Waals surface area contributed by atoms with Crippen molar-refractivity contribution in [1.82, 2.24) is 4.90 Å². The quantitative estimate of drug-likeness (QED) is 0.840.